The van der Waals surface area contributed by atoms with Gasteiger partial charge in [0, 0.05) is 25.2 Å². The van der Waals surface area contributed by atoms with Gasteiger partial charge in [-0.2, -0.15) is 11.8 Å². The summed E-state index contributed by atoms with van der Waals surface area (Å²) in [4.78, 5) is 25.3. The Morgan fingerprint density at radius 1 is 1.40 bits per heavy atom. The summed E-state index contributed by atoms with van der Waals surface area (Å²) in [6.07, 6.45) is 5.86. The number of aliphatic carboxylic acids is 1. The van der Waals surface area contributed by atoms with Crippen molar-refractivity contribution >= 4 is 23.8 Å². The van der Waals surface area contributed by atoms with E-state index in [1.54, 1.807) is 11.8 Å². The number of thioether (sulfide) groups is 1. The number of rotatable bonds is 7. The second kappa shape index (κ2) is 7.17. The lowest BCUT2D eigenvalue weighted by atomic mass is 10.2. The molecule has 7 heteroatoms. The number of carboxylic acids is 1. The summed E-state index contributed by atoms with van der Waals surface area (Å²) in [6.45, 7) is 1.92. The summed E-state index contributed by atoms with van der Waals surface area (Å²) >= 11 is 1.58. The van der Waals surface area contributed by atoms with Crippen molar-refractivity contribution in [2.45, 2.75) is 43.8 Å². The quantitative estimate of drug-likeness (QED) is 0.646. The molecule has 0 aromatic rings. The molecule has 20 heavy (non-hydrogen) atoms. The number of amides is 2. The fourth-order valence-corrected chi connectivity index (χ4v) is 3.03. The highest BCUT2D eigenvalue weighted by Crippen LogP contribution is 2.29. The molecule has 1 unspecified atom stereocenters. The van der Waals surface area contributed by atoms with E-state index < -0.39 is 12.0 Å². The Morgan fingerprint density at radius 3 is 2.75 bits per heavy atom. The van der Waals surface area contributed by atoms with Crippen LogP contribution in [-0.4, -0.2) is 65.2 Å². The van der Waals surface area contributed by atoms with Crippen LogP contribution in [0.2, 0.25) is 0 Å². The SMILES string of the molecule is CSCC[C@@H](NC(=O)NC1CCN(C2CC2)C1)C(=O)O. The smallest absolute Gasteiger partial charge is 0.326 e. The third-order valence-corrected chi connectivity index (χ3v) is 4.48. The summed E-state index contributed by atoms with van der Waals surface area (Å²) in [5.74, 6) is -0.254. The van der Waals surface area contributed by atoms with Gasteiger partial charge in [0.05, 0.1) is 0 Å². The minimum Gasteiger partial charge on any atom is -0.480 e. The van der Waals surface area contributed by atoms with E-state index in [0.29, 0.717) is 6.42 Å². The number of hydrogen-bond donors (Lipinski definition) is 3. The van der Waals surface area contributed by atoms with Gasteiger partial charge in [0.15, 0.2) is 0 Å². The number of likely N-dealkylation sites (tertiary alicyclic amines) is 1. The van der Waals surface area contributed by atoms with E-state index >= 15 is 0 Å². The number of nitrogens with zero attached hydrogens (tertiary/aromatic N) is 1. The van der Waals surface area contributed by atoms with Crippen molar-refractivity contribution < 1.29 is 14.7 Å². The normalized spacial score (nSPS) is 24.4. The van der Waals surface area contributed by atoms with Gasteiger partial charge >= 0.3 is 12.0 Å². The molecule has 1 aliphatic heterocycles. The molecule has 1 aliphatic carbocycles. The number of hydrogen-bond acceptors (Lipinski definition) is 4. The van der Waals surface area contributed by atoms with Crippen LogP contribution in [0, 0.1) is 0 Å². The van der Waals surface area contributed by atoms with Crippen LogP contribution < -0.4 is 10.6 Å². The maximum atomic E-state index is 11.9. The third kappa shape index (κ3) is 4.56. The van der Waals surface area contributed by atoms with Crippen molar-refractivity contribution in [2.75, 3.05) is 25.1 Å². The second-order valence-corrected chi connectivity index (χ2v) is 6.49. The molecule has 2 atom stereocenters. The third-order valence-electron chi connectivity index (χ3n) is 3.83. The summed E-state index contributed by atoms with van der Waals surface area (Å²) in [5, 5.41) is 14.5. The molecule has 1 heterocycles. The number of carbonyl (C=O) groups excluding carboxylic acids is 1. The first-order valence-corrected chi connectivity index (χ1v) is 8.52. The highest BCUT2D eigenvalue weighted by Gasteiger charge is 2.35. The van der Waals surface area contributed by atoms with Crippen LogP contribution in [0.5, 0.6) is 0 Å². The minimum absolute atomic E-state index is 0.144. The van der Waals surface area contributed by atoms with E-state index in [1.807, 2.05) is 6.26 Å². The predicted molar refractivity (Wildman–Crippen MR) is 79.1 cm³/mol. The first kappa shape index (κ1) is 15.4. The molecule has 2 amide bonds. The van der Waals surface area contributed by atoms with Crippen molar-refractivity contribution in [1.82, 2.24) is 15.5 Å². The largest absolute Gasteiger partial charge is 0.480 e. The summed E-state index contributed by atoms with van der Waals surface area (Å²) in [7, 11) is 0. The molecule has 0 aromatic heterocycles. The van der Waals surface area contributed by atoms with Gasteiger partial charge in [-0.3, -0.25) is 4.90 Å². The molecule has 1 saturated heterocycles. The van der Waals surface area contributed by atoms with Gasteiger partial charge in [0.25, 0.3) is 0 Å². The average Bonchev–Trinajstić information content (AvgIpc) is 3.15. The van der Waals surface area contributed by atoms with Gasteiger partial charge in [-0.25, -0.2) is 9.59 Å². The predicted octanol–water partition coefficient (Wildman–Crippen LogP) is 0.729. The van der Waals surface area contributed by atoms with Gasteiger partial charge in [-0.05, 0) is 37.7 Å². The summed E-state index contributed by atoms with van der Waals surface area (Å²) in [6, 6.07) is -0.298. The molecule has 0 radical (unpaired) electrons. The Labute approximate surface area is 123 Å². The maximum absolute atomic E-state index is 11.9. The van der Waals surface area contributed by atoms with E-state index in [2.05, 4.69) is 15.5 Å². The van der Waals surface area contributed by atoms with Crippen molar-refractivity contribution in [1.29, 1.82) is 0 Å². The van der Waals surface area contributed by atoms with Crippen LogP contribution >= 0.6 is 11.8 Å². The fraction of sp³-hybridized carbons (Fsp3) is 0.846. The first-order valence-electron chi connectivity index (χ1n) is 7.13. The van der Waals surface area contributed by atoms with Gasteiger partial charge in [-0.15, -0.1) is 0 Å². The van der Waals surface area contributed by atoms with E-state index in [-0.39, 0.29) is 12.1 Å². The Hall–Kier alpha value is -0.950. The topological polar surface area (TPSA) is 81.7 Å². The van der Waals surface area contributed by atoms with Gasteiger partial charge < -0.3 is 15.7 Å². The molecule has 3 N–H and O–H groups in total. The van der Waals surface area contributed by atoms with E-state index in [1.165, 1.54) is 12.8 Å². The van der Waals surface area contributed by atoms with Gasteiger partial charge in [-0.1, -0.05) is 0 Å². The molecule has 0 spiro atoms. The van der Waals surface area contributed by atoms with Crippen LogP contribution in [0.4, 0.5) is 4.79 Å². The monoisotopic (exact) mass is 301 g/mol. The average molecular weight is 301 g/mol. The Balaban J connectivity index is 1.71. The van der Waals surface area contributed by atoms with Crippen LogP contribution in [0.3, 0.4) is 0 Å². The molecular weight excluding hydrogens is 278 g/mol. The van der Waals surface area contributed by atoms with Crippen molar-refractivity contribution in [2.24, 2.45) is 0 Å². The lowest BCUT2D eigenvalue weighted by Crippen LogP contribution is -2.49. The summed E-state index contributed by atoms with van der Waals surface area (Å²) in [5.41, 5.74) is 0. The van der Waals surface area contributed by atoms with E-state index in [4.69, 9.17) is 5.11 Å². The minimum atomic E-state index is -0.972. The highest BCUT2D eigenvalue weighted by molar-refractivity contribution is 7.98. The van der Waals surface area contributed by atoms with E-state index in [9.17, 15) is 9.59 Å². The Kier molecular flexibility index (Phi) is 5.54. The van der Waals surface area contributed by atoms with Crippen molar-refractivity contribution in [3.05, 3.63) is 0 Å². The van der Waals surface area contributed by atoms with Crippen molar-refractivity contribution in [3.63, 3.8) is 0 Å². The number of carboxylic acid groups (broad SMARTS) is 1. The molecule has 0 bridgehead atoms. The molecule has 1 saturated carbocycles. The van der Waals surface area contributed by atoms with Crippen LogP contribution in [-0.2, 0) is 4.79 Å². The molecule has 114 valence electrons. The second-order valence-electron chi connectivity index (χ2n) is 5.50. The van der Waals surface area contributed by atoms with E-state index in [0.717, 1.165) is 31.3 Å². The Morgan fingerprint density at radius 2 is 2.15 bits per heavy atom. The zero-order valence-electron chi connectivity index (χ0n) is 11.8. The first-order chi connectivity index (χ1) is 9.60. The number of nitrogens with one attached hydrogen (secondary N) is 2. The molecular formula is C13H23N3O3S. The maximum Gasteiger partial charge on any atom is 0.326 e. The highest BCUT2D eigenvalue weighted by atomic mass is 32.2. The van der Waals surface area contributed by atoms with Gasteiger partial charge in [0.2, 0.25) is 0 Å². The lowest BCUT2D eigenvalue weighted by Gasteiger charge is -2.18. The van der Waals surface area contributed by atoms with Crippen LogP contribution in [0.1, 0.15) is 25.7 Å². The number of carbonyl (C=O) groups is 2. The van der Waals surface area contributed by atoms with Gasteiger partial charge in [0.1, 0.15) is 6.04 Å². The lowest BCUT2D eigenvalue weighted by molar-refractivity contribution is -0.139. The molecule has 0 aromatic carbocycles. The fourth-order valence-electron chi connectivity index (χ4n) is 2.55. The molecule has 2 fully saturated rings. The zero-order valence-corrected chi connectivity index (χ0v) is 12.6. The van der Waals surface area contributed by atoms with Crippen LogP contribution in [0.15, 0.2) is 0 Å². The van der Waals surface area contributed by atoms with Crippen LogP contribution in [0.25, 0.3) is 0 Å². The Bertz CT molecular complexity index is 363. The summed E-state index contributed by atoms with van der Waals surface area (Å²) < 4.78 is 0. The molecule has 2 rings (SSSR count). The molecule has 2 aliphatic rings. The standard InChI is InChI=1S/C13H23N3O3S/c1-20-7-5-11(12(17)18)15-13(19)14-9-4-6-16(8-9)10-2-3-10/h9-11H,2-8H2,1H3,(H,17,18)(H2,14,15,19)/t9?,11-/m1/s1. The molecule has 6 nitrogen and oxygen atoms in total. The number of urea groups is 1. The zero-order chi connectivity index (χ0) is 14.5. The van der Waals surface area contributed by atoms with Crippen molar-refractivity contribution in [3.8, 4) is 0 Å².